The van der Waals surface area contributed by atoms with Crippen molar-refractivity contribution in [2.75, 3.05) is 44.2 Å². The lowest BCUT2D eigenvalue weighted by molar-refractivity contribution is 0.147. The normalized spacial score (nSPS) is 22.8. The number of fused-ring (bicyclic) bond motifs is 1. The van der Waals surface area contributed by atoms with Gasteiger partial charge in [0.1, 0.15) is 0 Å². The Labute approximate surface area is 157 Å². The summed E-state index contributed by atoms with van der Waals surface area (Å²) in [4.78, 5) is 9.53. The molecule has 1 atom stereocenters. The number of halogens is 1. The van der Waals surface area contributed by atoms with Gasteiger partial charge in [-0.15, -0.1) is 12.4 Å². The molecule has 0 amide bonds. The van der Waals surface area contributed by atoms with Gasteiger partial charge in [-0.3, -0.25) is 9.88 Å². The van der Waals surface area contributed by atoms with Crippen LogP contribution in [0.1, 0.15) is 19.8 Å². The van der Waals surface area contributed by atoms with Gasteiger partial charge < -0.3 is 10.2 Å². The number of rotatable bonds is 3. The van der Waals surface area contributed by atoms with E-state index in [0.29, 0.717) is 6.04 Å². The van der Waals surface area contributed by atoms with Crippen LogP contribution in [0.2, 0.25) is 0 Å². The maximum absolute atomic E-state index is 4.26. The maximum Gasteiger partial charge on any atom is 0.0448 e. The molecule has 2 aliphatic heterocycles. The molecule has 25 heavy (non-hydrogen) atoms. The van der Waals surface area contributed by atoms with E-state index in [-0.39, 0.29) is 12.4 Å². The van der Waals surface area contributed by atoms with Crippen LogP contribution in [-0.2, 0) is 0 Å². The van der Waals surface area contributed by atoms with Crippen LogP contribution in [0.25, 0.3) is 10.8 Å². The van der Waals surface area contributed by atoms with Crippen molar-refractivity contribution in [3.8, 4) is 0 Å². The van der Waals surface area contributed by atoms with E-state index in [1.54, 1.807) is 0 Å². The zero-order valence-corrected chi connectivity index (χ0v) is 15.8. The SMILES string of the molecule is CC1CN(c2cccc3cnccc23)CCN1CC1CCNCC1.Cl. The van der Waals surface area contributed by atoms with Gasteiger partial charge in [0.25, 0.3) is 0 Å². The van der Waals surface area contributed by atoms with Crippen molar-refractivity contribution in [1.29, 1.82) is 0 Å². The van der Waals surface area contributed by atoms with Gasteiger partial charge in [-0.2, -0.15) is 0 Å². The molecule has 136 valence electrons. The van der Waals surface area contributed by atoms with Crippen LogP contribution in [0.3, 0.4) is 0 Å². The second kappa shape index (κ2) is 8.35. The molecule has 1 aromatic heterocycles. The number of piperidine rings is 1. The molecule has 0 radical (unpaired) electrons. The number of benzene rings is 1. The topological polar surface area (TPSA) is 31.4 Å². The molecule has 0 bridgehead atoms. The van der Waals surface area contributed by atoms with E-state index in [9.17, 15) is 0 Å². The Balaban J connectivity index is 0.00000182. The zero-order valence-electron chi connectivity index (χ0n) is 15.0. The smallest absolute Gasteiger partial charge is 0.0448 e. The van der Waals surface area contributed by atoms with Crippen molar-refractivity contribution in [1.82, 2.24) is 15.2 Å². The number of pyridine rings is 1. The Bertz CT molecular complexity index is 681. The number of nitrogens with zero attached hydrogens (tertiary/aromatic N) is 3. The number of piperazine rings is 1. The van der Waals surface area contributed by atoms with Crippen molar-refractivity contribution in [3.05, 3.63) is 36.7 Å². The number of aromatic nitrogens is 1. The Morgan fingerprint density at radius 3 is 2.80 bits per heavy atom. The highest BCUT2D eigenvalue weighted by Crippen LogP contribution is 2.28. The molecular formula is C20H29ClN4. The van der Waals surface area contributed by atoms with E-state index in [1.807, 2.05) is 12.4 Å². The zero-order chi connectivity index (χ0) is 16.4. The molecule has 1 N–H and O–H groups in total. The standard InChI is InChI=1S/C20H28N4.ClH/c1-16-14-24(12-11-23(16)15-17-5-8-21-9-6-17)20-4-2-3-18-13-22-10-7-19(18)20;/h2-4,7,10,13,16-17,21H,5-6,8-9,11-12,14-15H2,1H3;1H. The minimum Gasteiger partial charge on any atom is -0.368 e. The van der Waals surface area contributed by atoms with E-state index in [4.69, 9.17) is 0 Å². The Kier molecular flexibility index (Phi) is 6.15. The molecule has 3 heterocycles. The predicted molar refractivity (Wildman–Crippen MR) is 108 cm³/mol. The van der Waals surface area contributed by atoms with Gasteiger partial charge in [0, 0.05) is 61.1 Å². The van der Waals surface area contributed by atoms with Crippen molar-refractivity contribution in [2.45, 2.75) is 25.8 Å². The van der Waals surface area contributed by atoms with Crippen LogP contribution in [0, 0.1) is 5.92 Å². The van der Waals surface area contributed by atoms with Gasteiger partial charge in [-0.25, -0.2) is 0 Å². The fourth-order valence-corrected chi connectivity index (χ4v) is 4.26. The summed E-state index contributed by atoms with van der Waals surface area (Å²) in [6, 6.07) is 9.34. The Morgan fingerprint density at radius 2 is 2.00 bits per heavy atom. The summed E-state index contributed by atoms with van der Waals surface area (Å²) in [5.74, 6) is 0.879. The van der Waals surface area contributed by atoms with Crippen LogP contribution in [-0.4, -0.2) is 55.2 Å². The van der Waals surface area contributed by atoms with Crippen LogP contribution in [0.5, 0.6) is 0 Å². The lowest BCUT2D eigenvalue weighted by Gasteiger charge is -2.43. The summed E-state index contributed by atoms with van der Waals surface area (Å²) in [5, 5.41) is 6.04. The van der Waals surface area contributed by atoms with Crippen molar-refractivity contribution < 1.29 is 0 Å². The third-order valence-corrected chi connectivity index (χ3v) is 5.71. The molecule has 4 rings (SSSR count). The van der Waals surface area contributed by atoms with Gasteiger partial charge in [0.15, 0.2) is 0 Å². The lowest BCUT2D eigenvalue weighted by atomic mass is 9.96. The summed E-state index contributed by atoms with van der Waals surface area (Å²) >= 11 is 0. The Morgan fingerprint density at radius 1 is 1.16 bits per heavy atom. The number of anilines is 1. The Hall–Kier alpha value is -1.36. The van der Waals surface area contributed by atoms with Crippen LogP contribution < -0.4 is 10.2 Å². The van der Waals surface area contributed by atoms with Crippen molar-refractivity contribution in [2.24, 2.45) is 5.92 Å². The molecule has 2 aliphatic rings. The second-order valence-corrected chi connectivity index (χ2v) is 7.36. The average Bonchev–Trinajstić information content (AvgIpc) is 2.64. The summed E-state index contributed by atoms with van der Waals surface area (Å²) in [6.45, 7) is 9.47. The van der Waals surface area contributed by atoms with Gasteiger partial charge in [0.05, 0.1) is 0 Å². The highest BCUT2D eigenvalue weighted by molar-refractivity contribution is 5.93. The monoisotopic (exact) mass is 360 g/mol. The van der Waals surface area contributed by atoms with E-state index in [2.05, 4.69) is 51.3 Å². The third kappa shape index (κ3) is 4.08. The van der Waals surface area contributed by atoms with Gasteiger partial charge in [-0.1, -0.05) is 12.1 Å². The van der Waals surface area contributed by atoms with Crippen molar-refractivity contribution in [3.63, 3.8) is 0 Å². The minimum atomic E-state index is 0. The van der Waals surface area contributed by atoms with E-state index in [0.717, 1.165) is 19.0 Å². The molecular weight excluding hydrogens is 332 g/mol. The molecule has 1 unspecified atom stereocenters. The fraction of sp³-hybridized carbons (Fsp3) is 0.550. The molecule has 5 heteroatoms. The molecule has 1 aromatic carbocycles. The number of hydrogen-bond acceptors (Lipinski definition) is 4. The maximum atomic E-state index is 4.26. The molecule has 0 spiro atoms. The fourth-order valence-electron chi connectivity index (χ4n) is 4.26. The lowest BCUT2D eigenvalue weighted by Crippen LogP contribution is -2.53. The van der Waals surface area contributed by atoms with Crippen LogP contribution >= 0.6 is 12.4 Å². The average molecular weight is 361 g/mol. The van der Waals surface area contributed by atoms with Gasteiger partial charge >= 0.3 is 0 Å². The molecule has 0 saturated carbocycles. The highest BCUT2D eigenvalue weighted by atomic mass is 35.5. The second-order valence-electron chi connectivity index (χ2n) is 7.36. The summed E-state index contributed by atoms with van der Waals surface area (Å²) in [5.41, 5.74) is 1.36. The quantitative estimate of drug-likeness (QED) is 0.911. The molecule has 2 saturated heterocycles. The van der Waals surface area contributed by atoms with E-state index < -0.39 is 0 Å². The molecule has 0 aliphatic carbocycles. The first kappa shape index (κ1) is 18.4. The van der Waals surface area contributed by atoms with E-state index >= 15 is 0 Å². The van der Waals surface area contributed by atoms with Gasteiger partial charge in [0.2, 0.25) is 0 Å². The first-order chi connectivity index (χ1) is 11.8. The molecule has 2 fully saturated rings. The third-order valence-electron chi connectivity index (χ3n) is 5.71. The minimum absolute atomic E-state index is 0. The molecule has 2 aromatic rings. The summed E-state index contributed by atoms with van der Waals surface area (Å²) < 4.78 is 0. The van der Waals surface area contributed by atoms with Crippen LogP contribution in [0.4, 0.5) is 5.69 Å². The molecule has 4 nitrogen and oxygen atoms in total. The number of nitrogens with one attached hydrogen (secondary N) is 1. The predicted octanol–water partition coefficient (Wildman–Crippen LogP) is 3.17. The first-order valence-corrected chi connectivity index (χ1v) is 9.34. The van der Waals surface area contributed by atoms with E-state index in [1.165, 1.54) is 55.5 Å². The highest BCUT2D eigenvalue weighted by Gasteiger charge is 2.27. The first-order valence-electron chi connectivity index (χ1n) is 9.34. The summed E-state index contributed by atoms with van der Waals surface area (Å²) in [7, 11) is 0. The van der Waals surface area contributed by atoms with Crippen LogP contribution in [0.15, 0.2) is 36.7 Å². The summed E-state index contributed by atoms with van der Waals surface area (Å²) in [6.07, 6.45) is 6.55. The van der Waals surface area contributed by atoms with Crippen molar-refractivity contribution >= 4 is 28.9 Å². The van der Waals surface area contributed by atoms with Gasteiger partial charge in [-0.05, 0) is 50.9 Å². The largest absolute Gasteiger partial charge is 0.368 e. The number of hydrogen-bond donors (Lipinski definition) is 1.